The highest BCUT2D eigenvalue weighted by Gasteiger charge is 1.98. The third-order valence-corrected chi connectivity index (χ3v) is 2.08. The van der Waals surface area contributed by atoms with Crippen LogP contribution in [0.3, 0.4) is 0 Å². The zero-order chi connectivity index (χ0) is 11.6. The summed E-state index contributed by atoms with van der Waals surface area (Å²) in [6, 6.07) is 3.89. The summed E-state index contributed by atoms with van der Waals surface area (Å²) >= 11 is 0. The van der Waals surface area contributed by atoms with Crippen molar-refractivity contribution in [3.63, 3.8) is 0 Å². The molecule has 1 heterocycles. The van der Waals surface area contributed by atoms with Crippen LogP contribution < -0.4 is 10.6 Å². The molecule has 4 nitrogen and oxygen atoms in total. The van der Waals surface area contributed by atoms with Crippen molar-refractivity contribution in [3.8, 4) is 0 Å². The highest BCUT2D eigenvalue weighted by molar-refractivity contribution is 14.0. The van der Waals surface area contributed by atoms with E-state index in [0.29, 0.717) is 0 Å². The first kappa shape index (κ1) is 16.3. The molecule has 0 aliphatic carbocycles. The summed E-state index contributed by atoms with van der Waals surface area (Å²) in [5.74, 6) is 1.88. The number of guanidine groups is 1. The lowest BCUT2D eigenvalue weighted by Crippen LogP contribution is -2.38. The summed E-state index contributed by atoms with van der Waals surface area (Å²) in [5, 5.41) is 6.48. The van der Waals surface area contributed by atoms with Gasteiger partial charge in [0.15, 0.2) is 5.96 Å². The van der Waals surface area contributed by atoms with Crippen molar-refractivity contribution in [2.24, 2.45) is 4.99 Å². The van der Waals surface area contributed by atoms with E-state index in [9.17, 15) is 0 Å². The number of nitrogens with zero attached hydrogens (tertiary/aromatic N) is 1. The quantitative estimate of drug-likeness (QED) is 0.470. The predicted molar refractivity (Wildman–Crippen MR) is 82.1 cm³/mol. The molecule has 0 unspecified atom stereocenters. The van der Waals surface area contributed by atoms with Gasteiger partial charge in [0.2, 0.25) is 0 Å². The molecule has 0 aliphatic rings. The third-order valence-electron chi connectivity index (χ3n) is 2.08. The molecule has 17 heavy (non-hydrogen) atoms. The van der Waals surface area contributed by atoms with Crippen LogP contribution >= 0.6 is 24.0 Å². The lowest BCUT2D eigenvalue weighted by Gasteiger charge is -2.10. The zero-order valence-corrected chi connectivity index (χ0v) is 12.9. The Kier molecular flexibility index (Phi) is 9.99. The molecule has 98 valence electrons. The molecule has 2 N–H and O–H groups in total. The molecule has 1 aromatic rings. The molecule has 0 spiro atoms. The standard InChI is InChI=1S/C12H21N3O.HI/c1-3-8-14-12(13-4-2)15-9-7-11-6-5-10-16-11;/h5-6,10H,3-4,7-9H2,1-2H3,(H2,13,14,15);1H. The van der Waals surface area contributed by atoms with Gasteiger partial charge >= 0.3 is 0 Å². The van der Waals surface area contributed by atoms with E-state index >= 15 is 0 Å². The predicted octanol–water partition coefficient (Wildman–Crippen LogP) is 2.41. The van der Waals surface area contributed by atoms with Crippen LogP contribution in [0.2, 0.25) is 0 Å². The van der Waals surface area contributed by atoms with E-state index in [1.54, 1.807) is 6.26 Å². The fourth-order valence-electron chi connectivity index (χ4n) is 1.32. The molecular formula is C12H22IN3O. The summed E-state index contributed by atoms with van der Waals surface area (Å²) in [5.41, 5.74) is 0. The van der Waals surface area contributed by atoms with Crippen molar-refractivity contribution in [3.05, 3.63) is 24.2 Å². The second kappa shape index (κ2) is 10.4. The molecule has 0 bridgehead atoms. The summed E-state index contributed by atoms with van der Waals surface area (Å²) in [6.07, 6.45) is 3.64. The topological polar surface area (TPSA) is 49.6 Å². The number of hydrogen-bond acceptors (Lipinski definition) is 2. The van der Waals surface area contributed by atoms with Crippen molar-refractivity contribution in [1.82, 2.24) is 10.6 Å². The SMILES string of the molecule is CCCN=C(NCC)NCCc1ccco1.I. The molecule has 0 aromatic carbocycles. The Morgan fingerprint density at radius 2 is 2.18 bits per heavy atom. The van der Waals surface area contributed by atoms with E-state index in [1.807, 2.05) is 12.1 Å². The van der Waals surface area contributed by atoms with Crippen LogP contribution in [0.25, 0.3) is 0 Å². The second-order valence-electron chi connectivity index (χ2n) is 3.52. The summed E-state index contributed by atoms with van der Waals surface area (Å²) < 4.78 is 5.26. The summed E-state index contributed by atoms with van der Waals surface area (Å²) in [4.78, 5) is 4.41. The van der Waals surface area contributed by atoms with E-state index in [1.165, 1.54) is 0 Å². The molecule has 5 heteroatoms. The Morgan fingerprint density at radius 1 is 1.35 bits per heavy atom. The van der Waals surface area contributed by atoms with Crippen molar-refractivity contribution in [2.45, 2.75) is 26.7 Å². The number of rotatable bonds is 6. The average molecular weight is 351 g/mol. The fraction of sp³-hybridized carbons (Fsp3) is 0.583. The first-order chi connectivity index (χ1) is 7.86. The van der Waals surface area contributed by atoms with Gasteiger partial charge in [0.1, 0.15) is 5.76 Å². The highest BCUT2D eigenvalue weighted by Crippen LogP contribution is 1.99. The normalized spacial score (nSPS) is 10.8. The van der Waals surface area contributed by atoms with Gasteiger partial charge in [-0.3, -0.25) is 4.99 Å². The van der Waals surface area contributed by atoms with Crippen LogP contribution in [-0.2, 0) is 6.42 Å². The average Bonchev–Trinajstić information content (AvgIpc) is 2.79. The molecule has 0 amide bonds. The maximum atomic E-state index is 5.26. The van der Waals surface area contributed by atoms with Gasteiger partial charge in [-0.1, -0.05) is 6.92 Å². The van der Waals surface area contributed by atoms with Crippen LogP contribution in [0.1, 0.15) is 26.0 Å². The van der Waals surface area contributed by atoms with E-state index in [0.717, 1.165) is 44.2 Å². The number of hydrogen-bond donors (Lipinski definition) is 2. The molecule has 0 saturated carbocycles. The Hall–Kier alpha value is -0.720. The smallest absolute Gasteiger partial charge is 0.191 e. The van der Waals surface area contributed by atoms with Crippen molar-refractivity contribution < 1.29 is 4.42 Å². The maximum Gasteiger partial charge on any atom is 0.191 e. The molecule has 0 aliphatic heterocycles. The summed E-state index contributed by atoms with van der Waals surface area (Å²) in [6.45, 7) is 6.76. The maximum absolute atomic E-state index is 5.26. The molecule has 0 saturated heterocycles. The van der Waals surface area contributed by atoms with Crippen molar-refractivity contribution in [1.29, 1.82) is 0 Å². The third kappa shape index (κ3) is 7.25. The Bertz CT molecular complexity index is 299. The minimum atomic E-state index is 0. The molecular weight excluding hydrogens is 329 g/mol. The van der Waals surface area contributed by atoms with E-state index < -0.39 is 0 Å². The molecule has 0 radical (unpaired) electrons. The highest BCUT2D eigenvalue weighted by atomic mass is 127. The van der Waals surface area contributed by atoms with Gasteiger partial charge in [0, 0.05) is 26.1 Å². The van der Waals surface area contributed by atoms with Gasteiger partial charge in [-0.05, 0) is 25.5 Å². The molecule has 1 aromatic heterocycles. The minimum absolute atomic E-state index is 0. The van der Waals surface area contributed by atoms with Gasteiger partial charge in [-0.25, -0.2) is 0 Å². The molecule has 0 atom stereocenters. The lowest BCUT2D eigenvalue weighted by molar-refractivity contribution is 0.507. The van der Waals surface area contributed by atoms with Crippen LogP contribution in [0.15, 0.2) is 27.8 Å². The van der Waals surface area contributed by atoms with E-state index in [-0.39, 0.29) is 24.0 Å². The first-order valence-corrected chi connectivity index (χ1v) is 5.91. The Morgan fingerprint density at radius 3 is 2.76 bits per heavy atom. The monoisotopic (exact) mass is 351 g/mol. The fourth-order valence-corrected chi connectivity index (χ4v) is 1.32. The van der Waals surface area contributed by atoms with E-state index in [2.05, 4.69) is 29.5 Å². The largest absolute Gasteiger partial charge is 0.469 e. The second-order valence-corrected chi connectivity index (χ2v) is 3.52. The molecule has 1 rings (SSSR count). The van der Waals surface area contributed by atoms with E-state index in [4.69, 9.17) is 4.42 Å². The minimum Gasteiger partial charge on any atom is -0.469 e. The van der Waals surface area contributed by atoms with Gasteiger partial charge in [0.25, 0.3) is 0 Å². The van der Waals surface area contributed by atoms with Gasteiger partial charge < -0.3 is 15.1 Å². The van der Waals surface area contributed by atoms with Crippen LogP contribution in [0, 0.1) is 0 Å². The number of aliphatic imine (C=N–C) groups is 1. The Balaban J connectivity index is 0.00000256. The lowest BCUT2D eigenvalue weighted by atomic mass is 10.3. The van der Waals surface area contributed by atoms with Gasteiger partial charge in [0.05, 0.1) is 6.26 Å². The van der Waals surface area contributed by atoms with Crippen LogP contribution in [0.5, 0.6) is 0 Å². The number of furan rings is 1. The van der Waals surface area contributed by atoms with Gasteiger partial charge in [-0.15, -0.1) is 24.0 Å². The van der Waals surface area contributed by atoms with Crippen molar-refractivity contribution in [2.75, 3.05) is 19.6 Å². The van der Waals surface area contributed by atoms with Crippen LogP contribution in [-0.4, -0.2) is 25.6 Å². The van der Waals surface area contributed by atoms with Gasteiger partial charge in [-0.2, -0.15) is 0 Å². The van der Waals surface area contributed by atoms with Crippen molar-refractivity contribution >= 4 is 29.9 Å². The number of halogens is 1. The first-order valence-electron chi connectivity index (χ1n) is 5.91. The van der Waals surface area contributed by atoms with Crippen LogP contribution in [0.4, 0.5) is 0 Å². The number of nitrogens with one attached hydrogen (secondary N) is 2. The molecule has 0 fully saturated rings. The zero-order valence-electron chi connectivity index (χ0n) is 10.5. The Labute approximate surface area is 120 Å². The summed E-state index contributed by atoms with van der Waals surface area (Å²) in [7, 11) is 0.